The van der Waals surface area contributed by atoms with Crippen molar-refractivity contribution in [3.63, 3.8) is 0 Å². The lowest BCUT2D eigenvalue weighted by atomic mass is 10.1. The van der Waals surface area contributed by atoms with Crippen LogP contribution in [-0.4, -0.2) is 24.4 Å². The molecule has 1 aliphatic rings. The molecule has 3 rings (SSSR count). The van der Waals surface area contributed by atoms with Gasteiger partial charge in [-0.25, -0.2) is 0 Å². The van der Waals surface area contributed by atoms with Crippen LogP contribution in [0.1, 0.15) is 17.4 Å². The van der Waals surface area contributed by atoms with Crippen LogP contribution >= 0.6 is 0 Å². The van der Waals surface area contributed by atoms with Gasteiger partial charge in [0.05, 0.1) is 19.2 Å². The summed E-state index contributed by atoms with van der Waals surface area (Å²) in [7, 11) is 0. The van der Waals surface area contributed by atoms with Crippen molar-refractivity contribution in [3.05, 3.63) is 47.9 Å². The van der Waals surface area contributed by atoms with E-state index in [1.165, 1.54) is 6.26 Å². The molecule has 21 heavy (non-hydrogen) atoms. The number of rotatable bonds is 5. The van der Waals surface area contributed by atoms with Crippen molar-refractivity contribution < 1.29 is 23.8 Å². The highest BCUT2D eigenvalue weighted by Gasteiger charge is 2.15. The molecule has 1 aromatic heterocycles. The molecule has 1 amide bonds. The van der Waals surface area contributed by atoms with Gasteiger partial charge >= 0.3 is 0 Å². The summed E-state index contributed by atoms with van der Waals surface area (Å²) in [4.78, 5) is 11.9. The Bertz CT molecular complexity index is 623. The predicted molar refractivity (Wildman–Crippen MR) is 72.9 cm³/mol. The van der Waals surface area contributed by atoms with Gasteiger partial charge in [0.1, 0.15) is 11.9 Å². The van der Waals surface area contributed by atoms with E-state index in [0.717, 1.165) is 5.56 Å². The molecule has 6 nitrogen and oxygen atoms in total. The van der Waals surface area contributed by atoms with Crippen LogP contribution in [0.4, 0.5) is 0 Å². The van der Waals surface area contributed by atoms with Gasteiger partial charge < -0.3 is 24.3 Å². The number of fused-ring (bicyclic) bond motifs is 1. The first-order valence-electron chi connectivity index (χ1n) is 6.59. The van der Waals surface area contributed by atoms with Crippen molar-refractivity contribution in [2.24, 2.45) is 0 Å². The molecule has 0 saturated heterocycles. The Hall–Kier alpha value is -2.47. The third-order valence-electron chi connectivity index (χ3n) is 3.17. The lowest BCUT2D eigenvalue weighted by molar-refractivity contribution is -0.120. The molecule has 6 heteroatoms. The number of aliphatic hydroxyl groups excluding tert-OH is 1. The Morgan fingerprint density at radius 1 is 1.29 bits per heavy atom. The maximum Gasteiger partial charge on any atom is 0.231 e. The van der Waals surface area contributed by atoms with Gasteiger partial charge in [-0.1, -0.05) is 6.07 Å². The van der Waals surface area contributed by atoms with Crippen LogP contribution in [0.5, 0.6) is 11.5 Å². The molecular formula is C15H15NO5. The van der Waals surface area contributed by atoms with Crippen LogP contribution in [-0.2, 0) is 11.2 Å². The highest BCUT2D eigenvalue weighted by Crippen LogP contribution is 2.32. The smallest absolute Gasteiger partial charge is 0.231 e. The Kier molecular flexibility index (Phi) is 3.79. The second-order valence-corrected chi connectivity index (χ2v) is 4.70. The molecule has 1 atom stereocenters. The van der Waals surface area contributed by atoms with Crippen molar-refractivity contribution in [1.29, 1.82) is 0 Å². The molecule has 0 radical (unpaired) electrons. The highest BCUT2D eigenvalue weighted by molar-refractivity contribution is 5.78. The second kappa shape index (κ2) is 5.88. The van der Waals surface area contributed by atoms with Crippen molar-refractivity contribution in [2.45, 2.75) is 12.5 Å². The molecule has 110 valence electrons. The first-order valence-corrected chi connectivity index (χ1v) is 6.59. The van der Waals surface area contributed by atoms with Crippen molar-refractivity contribution in [3.8, 4) is 11.5 Å². The normalized spacial score (nSPS) is 14.0. The molecule has 1 aliphatic heterocycles. The third-order valence-corrected chi connectivity index (χ3v) is 3.17. The number of ether oxygens (including phenoxy) is 2. The van der Waals surface area contributed by atoms with Crippen LogP contribution in [0.2, 0.25) is 0 Å². The van der Waals surface area contributed by atoms with Crippen LogP contribution in [0.25, 0.3) is 0 Å². The standard InChI is InChI=1S/C15H15NO5/c17-11(12-2-1-5-19-12)8-16-15(18)7-10-3-4-13-14(6-10)21-9-20-13/h1-6,11,17H,7-9H2,(H,16,18). The fourth-order valence-electron chi connectivity index (χ4n) is 2.09. The van der Waals surface area contributed by atoms with Crippen molar-refractivity contribution in [1.82, 2.24) is 5.32 Å². The molecule has 2 N–H and O–H groups in total. The lowest BCUT2D eigenvalue weighted by Crippen LogP contribution is -2.29. The van der Waals surface area contributed by atoms with Gasteiger partial charge in [-0.2, -0.15) is 0 Å². The number of nitrogens with one attached hydrogen (secondary N) is 1. The fourth-order valence-corrected chi connectivity index (χ4v) is 2.09. The van der Waals surface area contributed by atoms with Crippen LogP contribution in [0.3, 0.4) is 0 Å². The van der Waals surface area contributed by atoms with Crippen molar-refractivity contribution in [2.75, 3.05) is 13.3 Å². The second-order valence-electron chi connectivity index (χ2n) is 4.70. The van der Waals surface area contributed by atoms with E-state index in [1.807, 2.05) is 6.07 Å². The summed E-state index contributed by atoms with van der Waals surface area (Å²) >= 11 is 0. The summed E-state index contributed by atoms with van der Waals surface area (Å²) in [5, 5.41) is 12.5. The Labute approximate surface area is 121 Å². The number of hydrogen-bond donors (Lipinski definition) is 2. The quantitative estimate of drug-likeness (QED) is 0.869. The number of carbonyl (C=O) groups is 1. The monoisotopic (exact) mass is 289 g/mol. The summed E-state index contributed by atoms with van der Waals surface area (Å²) in [5.41, 5.74) is 0.823. The summed E-state index contributed by atoms with van der Waals surface area (Å²) in [6.45, 7) is 0.317. The maximum absolute atomic E-state index is 11.9. The van der Waals surface area contributed by atoms with Gasteiger partial charge in [0, 0.05) is 0 Å². The van der Waals surface area contributed by atoms with Crippen LogP contribution < -0.4 is 14.8 Å². The minimum Gasteiger partial charge on any atom is -0.467 e. The zero-order valence-corrected chi connectivity index (χ0v) is 11.2. The number of carbonyl (C=O) groups excluding carboxylic acids is 1. The predicted octanol–water partition coefficient (Wildman–Crippen LogP) is 1.40. The summed E-state index contributed by atoms with van der Waals surface area (Å²) in [5.74, 6) is 1.58. The van der Waals surface area contributed by atoms with Gasteiger partial charge in [0.25, 0.3) is 0 Å². The zero-order chi connectivity index (χ0) is 14.7. The van der Waals surface area contributed by atoms with Crippen LogP contribution in [0.15, 0.2) is 41.0 Å². The Morgan fingerprint density at radius 2 is 2.14 bits per heavy atom. The topological polar surface area (TPSA) is 80.9 Å². The number of amides is 1. The Balaban J connectivity index is 1.52. The molecule has 1 aromatic carbocycles. The van der Waals surface area contributed by atoms with E-state index < -0.39 is 6.10 Å². The van der Waals surface area contributed by atoms with Gasteiger partial charge in [0.2, 0.25) is 12.7 Å². The lowest BCUT2D eigenvalue weighted by Gasteiger charge is -2.09. The Morgan fingerprint density at radius 3 is 2.95 bits per heavy atom. The van der Waals surface area contributed by atoms with Crippen molar-refractivity contribution >= 4 is 5.91 Å². The van der Waals surface area contributed by atoms with Gasteiger partial charge in [-0.15, -0.1) is 0 Å². The molecule has 2 heterocycles. The van der Waals surface area contributed by atoms with E-state index in [-0.39, 0.29) is 25.7 Å². The maximum atomic E-state index is 11.9. The molecule has 0 spiro atoms. The summed E-state index contributed by atoms with van der Waals surface area (Å²) in [6.07, 6.45) is 0.842. The molecular weight excluding hydrogens is 274 g/mol. The SMILES string of the molecule is O=C(Cc1ccc2c(c1)OCO2)NCC(O)c1ccco1. The van der Waals surface area contributed by atoms with E-state index in [2.05, 4.69) is 5.32 Å². The summed E-state index contributed by atoms with van der Waals surface area (Å²) in [6, 6.07) is 8.73. The largest absolute Gasteiger partial charge is 0.467 e. The average molecular weight is 289 g/mol. The third kappa shape index (κ3) is 3.17. The van der Waals surface area contributed by atoms with Gasteiger partial charge in [-0.05, 0) is 29.8 Å². The van der Waals surface area contributed by atoms with E-state index in [1.54, 1.807) is 24.3 Å². The zero-order valence-electron chi connectivity index (χ0n) is 11.2. The first kappa shape index (κ1) is 13.5. The fraction of sp³-hybridized carbons (Fsp3) is 0.267. The summed E-state index contributed by atoms with van der Waals surface area (Å²) < 4.78 is 15.5. The molecule has 0 saturated carbocycles. The molecule has 1 unspecified atom stereocenters. The minimum atomic E-state index is -0.847. The molecule has 0 bridgehead atoms. The van der Waals surface area contributed by atoms with E-state index in [0.29, 0.717) is 17.3 Å². The van der Waals surface area contributed by atoms with Gasteiger partial charge in [0.15, 0.2) is 11.5 Å². The van der Waals surface area contributed by atoms with E-state index in [9.17, 15) is 9.90 Å². The number of aliphatic hydroxyl groups is 1. The number of benzene rings is 1. The molecule has 0 fully saturated rings. The molecule has 0 aliphatic carbocycles. The minimum absolute atomic E-state index is 0.108. The average Bonchev–Trinajstić information content (AvgIpc) is 3.15. The first-order chi connectivity index (χ1) is 10.2. The molecule has 2 aromatic rings. The van der Waals surface area contributed by atoms with E-state index >= 15 is 0 Å². The van der Waals surface area contributed by atoms with Crippen LogP contribution in [0, 0.1) is 0 Å². The number of furan rings is 1. The highest BCUT2D eigenvalue weighted by atomic mass is 16.7. The van der Waals surface area contributed by atoms with E-state index in [4.69, 9.17) is 13.9 Å². The van der Waals surface area contributed by atoms with Gasteiger partial charge in [-0.3, -0.25) is 4.79 Å². The number of hydrogen-bond acceptors (Lipinski definition) is 5.